The van der Waals surface area contributed by atoms with Crippen LogP contribution in [0, 0.1) is 4.01 Å². The van der Waals surface area contributed by atoms with E-state index >= 15 is 0 Å². The molecule has 4 aromatic rings. The Morgan fingerprint density at radius 3 is 1.12 bits per heavy atom. The number of hydrogen-bond acceptors (Lipinski definition) is 0. The Bertz CT molecular complexity index is 1880. The molecule has 0 saturated heterocycles. The van der Waals surface area contributed by atoms with Crippen LogP contribution in [0.2, 0.25) is 0 Å². The van der Waals surface area contributed by atoms with Crippen LogP contribution in [0.4, 0.5) is 0 Å². The molecule has 0 atom stereocenters. The topological polar surface area (TPSA) is 9.86 Å². The van der Waals surface area contributed by atoms with Gasteiger partial charge in [-0.15, -0.1) is 0 Å². The summed E-state index contributed by atoms with van der Waals surface area (Å²) < 4.78 is 7.74. The Kier molecular flexibility index (Phi) is 17.0. The molecule has 320 valence electrons. The third-order valence-corrected chi connectivity index (χ3v) is 22.7. The van der Waals surface area contributed by atoms with Crippen LogP contribution in [-0.4, -0.2) is 30.7 Å². The Labute approximate surface area is 365 Å². The van der Waals surface area contributed by atoms with E-state index < -0.39 is 11.9 Å². The zero-order valence-corrected chi connectivity index (χ0v) is 41.3. The first-order chi connectivity index (χ1) is 27.9. The van der Waals surface area contributed by atoms with Gasteiger partial charge in [-0.05, 0) is 55.5 Å². The number of rotatable bonds is 10. The van der Waals surface area contributed by atoms with Gasteiger partial charge in [0, 0.05) is 0 Å². The van der Waals surface area contributed by atoms with E-state index in [0.717, 1.165) is 9.58 Å². The van der Waals surface area contributed by atoms with Crippen molar-refractivity contribution in [1.82, 2.24) is 9.13 Å². The molecule has 1 aromatic heterocycles. The normalized spacial score (nSPS) is 18.0. The Hall–Kier alpha value is -1.63. The summed E-state index contributed by atoms with van der Waals surface area (Å²) in [6.45, 7) is 18.1. The molecule has 3 aliphatic carbocycles. The first-order valence-electron chi connectivity index (χ1n) is 23.1. The van der Waals surface area contributed by atoms with Crippen LogP contribution in [0.3, 0.4) is 0 Å². The Morgan fingerprint density at radius 1 is 0.483 bits per heavy atom. The minimum absolute atomic E-state index is 0.347. The molecule has 0 spiro atoms. The second-order valence-corrected chi connectivity index (χ2v) is 31.1. The average molecular weight is 931 g/mol. The summed E-state index contributed by atoms with van der Waals surface area (Å²) in [5.74, 6) is 1.39. The van der Waals surface area contributed by atoms with Crippen LogP contribution < -0.4 is 0 Å². The Morgan fingerprint density at radius 2 is 0.810 bits per heavy atom. The number of nitrogens with zero attached hydrogens (tertiary/aromatic N) is 2. The molecule has 1 heterocycles. The predicted octanol–water partition coefficient (Wildman–Crippen LogP) is 17.1. The van der Waals surface area contributed by atoms with Crippen molar-refractivity contribution in [2.75, 3.05) is 0 Å². The fraction of sp³-hybridized carbons (Fsp3) is 0.577. The molecule has 0 radical (unpaired) electrons. The van der Waals surface area contributed by atoms with Gasteiger partial charge in [0.2, 0.25) is 0 Å². The maximum atomic E-state index is 7.61. The zero-order chi connectivity index (χ0) is 41.4. The van der Waals surface area contributed by atoms with Crippen LogP contribution in [-0.2, 0) is 11.9 Å². The molecule has 3 aliphatic rings. The van der Waals surface area contributed by atoms with Gasteiger partial charge in [0.1, 0.15) is 0 Å². The minimum atomic E-state index is -3.63. The van der Waals surface area contributed by atoms with Crippen LogP contribution in [0.15, 0.2) is 79.1 Å². The first-order valence-corrected chi connectivity index (χ1v) is 31.0. The first kappa shape index (κ1) is 45.9. The van der Waals surface area contributed by atoms with E-state index in [9.17, 15) is 0 Å². The number of para-hydroxylation sites is 2. The molecule has 0 N–H and O–H groups in total. The van der Waals surface area contributed by atoms with Crippen LogP contribution in [0.25, 0.3) is 11.4 Å². The second kappa shape index (κ2) is 21.4. The van der Waals surface area contributed by atoms with E-state index in [1.165, 1.54) is 69.9 Å². The third kappa shape index (κ3) is 11.1. The fourth-order valence-electron chi connectivity index (χ4n) is 10.3. The fourth-order valence-corrected chi connectivity index (χ4v) is 20.6. The molecule has 58 heavy (non-hydrogen) atoms. The van der Waals surface area contributed by atoms with Crippen molar-refractivity contribution in [3.05, 3.63) is 111 Å². The van der Waals surface area contributed by atoms with E-state index in [1.807, 2.05) is 18.2 Å². The number of benzene rings is 3. The van der Waals surface area contributed by atoms with E-state index in [2.05, 4.69) is 130 Å². The van der Waals surface area contributed by atoms with Crippen LogP contribution in [0.1, 0.15) is 203 Å². The maximum absolute atomic E-state index is 7.61. The molecule has 6 heteroatoms. The van der Waals surface area contributed by atoms with Crippen molar-refractivity contribution in [3.63, 3.8) is 0 Å². The molecular formula is C52H75Cl2N2PRu. The molecule has 0 unspecified atom stereocenters. The third-order valence-electron chi connectivity index (χ3n) is 13.2. The SMILES string of the molecule is C1CCC(P(C2CCCCC2)C2CCCCC2)CC1.CC(C)c1cccc(C(C)C)c1-n1ccn(-c2c(C(C)C)cccc2C(C)C)[c]1=[Ru]([Cl])([Cl])=[CH]c1ccccc1. The summed E-state index contributed by atoms with van der Waals surface area (Å²) in [6, 6.07) is 23.6. The van der Waals surface area contributed by atoms with Crippen molar-refractivity contribution in [2.45, 2.75) is 192 Å². The van der Waals surface area contributed by atoms with Gasteiger partial charge >= 0.3 is 246 Å². The number of halogens is 2. The molecule has 7 rings (SSSR count). The zero-order valence-electron chi connectivity index (χ0n) is 37.2. The summed E-state index contributed by atoms with van der Waals surface area (Å²) in [5.41, 5.74) is 12.2. The molecule has 0 amide bonds. The van der Waals surface area contributed by atoms with Gasteiger partial charge in [-0.1, -0.05) is 65.7 Å². The number of hydrogen-bond donors (Lipinski definition) is 0. The van der Waals surface area contributed by atoms with Crippen LogP contribution >= 0.6 is 27.3 Å². The van der Waals surface area contributed by atoms with Gasteiger partial charge in [0.25, 0.3) is 0 Å². The molecule has 2 nitrogen and oxygen atoms in total. The Balaban J connectivity index is 0.000000247. The van der Waals surface area contributed by atoms with E-state index in [-0.39, 0.29) is 0 Å². The van der Waals surface area contributed by atoms with Gasteiger partial charge < -0.3 is 0 Å². The van der Waals surface area contributed by atoms with Crippen molar-refractivity contribution in [3.8, 4) is 11.4 Å². The van der Waals surface area contributed by atoms with Crippen molar-refractivity contribution < 1.29 is 11.9 Å². The van der Waals surface area contributed by atoms with Gasteiger partial charge in [-0.25, -0.2) is 0 Å². The number of imidazole rings is 1. The van der Waals surface area contributed by atoms with Crippen LogP contribution in [0.5, 0.6) is 0 Å². The van der Waals surface area contributed by atoms with E-state index in [4.69, 9.17) is 19.4 Å². The van der Waals surface area contributed by atoms with E-state index in [1.54, 1.807) is 77.0 Å². The summed E-state index contributed by atoms with van der Waals surface area (Å²) in [7, 11) is 15.6. The van der Waals surface area contributed by atoms with Gasteiger partial charge in [0.05, 0.1) is 0 Å². The van der Waals surface area contributed by atoms with Crippen molar-refractivity contribution >= 4 is 31.9 Å². The average Bonchev–Trinajstić information content (AvgIpc) is 3.68. The standard InChI is InChI=1S/C27H36N2.C18H33P.C7H6.2ClH.Ru/c1-18(2)22-11-9-12-23(19(3)4)26(22)28-15-16-29(17-28)27-24(20(5)6)13-10-14-25(27)21(7)8;1-4-10-16(11-5-1)19(17-12-6-2-7-13-17)18-14-8-3-9-15-18;1-7-5-3-2-4-6-7;;;/h9-16,18-21H,1-8H3;16-18H,1-15H2;1-6H;2*1H;/q;;;;;+2/p-2. The molecule has 0 aliphatic heterocycles. The van der Waals surface area contributed by atoms with Crippen molar-refractivity contribution in [1.29, 1.82) is 0 Å². The second-order valence-electron chi connectivity index (χ2n) is 18.8. The monoisotopic (exact) mass is 930 g/mol. The summed E-state index contributed by atoms with van der Waals surface area (Å²) in [4.78, 5) is 0. The summed E-state index contributed by atoms with van der Waals surface area (Å²) in [6.07, 6.45) is 28.0. The molecule has 0 bridgehead atoms. The molecule has 3 fully saturated rings. The molecule has 3 aromatic carbocycles. The van der Waals surface area contributed by atoms with Gasteiger partial charge in [0.15, 0.2) is 0 Å². The summed E-state index contributed by atoms with van der Waals surface area (Å²) >= 11 is -3.63. The van der Waals surface area contributed by atoms with Crippen molar-refractivity contribution in [2.24, 2.45) is 0 Å². The van der Waals surface area contributed by atoms with Gasteiger partial charge in [-0.2, -0.15) is 0 Å². The van der Waals surface area contributed by atoms with E-state index in [0.29, 0.717) is 31.6 Å². The summed E-state index contributed by atoms with van der Waals surface area (Å²) in [5, 5.41) is 0. The predicted molar refractivity (Wildman–Crippen MR) is 256 cm³/mol. The quantitative estimate of drug-likeness (QED) is 0.111. The number of aromatic nitrogens is 2. The molecule has 3 saturated carbocycles. The molecular weight excluding hydrogens is 856 g/mol. The van der Waals surface area contributed by atoms with Gasteiger partial charge in [-0.3, -0.25) is 0 Å².